The predicted molar refractivity (Wildman–Crippen MR) is 122 cm³/mol. The first kappa shape index (κ1) is 21.7. The highest BCUT2D eigenvalue weighted by atomic mass is 32.1. The number of amides is 2. The molecule has 0 saturated heterocycles. The number of nitrogen functional groups attached to an aromatic ring is 1. The number of benzene rings is 2. The van der Waals surface area contributed by atoms with E-state index in [-0.39, 0.29) is 11.8 Å². The Morgan fingerprint density at radius 1 is 1.10 bits per heavy atom. The van der Waals surface area contributed by atoms with Gasteiger partial charge in [0.1, 0.15) is 0 Å². The highest BCUT2D eigenvalue weighted by molar-refractivity contribution is 7.73. The lowest BCUT2D eigenvalue weighted by atomic mass is 10.0. The molecule has 0 bridgehead atoms. The van der Waals surface area contributed by atoms with Crippen LogP contribution in [0.5, 0.6) is 0 Å². The molecular formula is C21H23N5O2S2. The maximum Gasteiger partial charge on any atom is 0.259 e. The summed E-state index contributed by atoms with van der Waals surface area (Å²) in [5.74, 6) is -0.397. The third kappa shape index (κ3) is 6.23. The molecule has 0 fully saturated rings. The average molecular weight is 442 g/mol. The van der Waals surface area contributed by atoms with Crippen LogP contribution >= 0.6 is 23.6 Å². The van der Waals surface area contributed by atoms with Crippen molar-refractivity contribution in [3.63, 3.8) is 0 Å². The van der Waals surface area contributed by atoms with Gasteiger partial charge in [-0.3, -0.25) is 20.0 Å². The molecular weight excluding hydrogens is 418 g/mol. The number of para-hydroxylation sites is 1. The summed E-state index contributed by atoms with van der Waals surface area (Å²) < 4.78 is 0.474. The minimum Gasteiger partial charge on any atom is -0.398 e. The zero-order valence-corrected chi connectivity index (χ0v) is 17.9. The van der Waals surface area contributed by atoms with Gasteiger partial charge >= 0.3 is 0 Å². The topological polar surface area (TPSA) is 113 Å². The smallest absolute Gasteiger partial charge is 0.259 e. The van der Waals surface area contributed by atoms with E-state index >= 15 is 0 Å². The molecule has 2 amide bonds. The summed E-state index contributed by atoms with van der Waals surface area (Å²) in [5.41, 5.74) is 8.91. The van der Waals surface area contributed by atoms with Gasteiger partial charge in [-0.15, -0.1) is 5.10 Å². The number of hydrogen-bond acceptors (Lipinski definition) is 6. The van der Waals surface area contributed by atoms with Gasteiger partial charge in [-0.1, -0.05) is 53.8 Å². The second-order valence-corrected chi connectivity index (χ2v) is 8.36. The molecule has 3 aromatic rings. The molecule has 1 aromatic heterocycles. The second-order valence-electron chi connectivity index (χ2n) is 6.69. The fourth-order valence-corrected chi connectivity index (χ4v) is 3.76. The van der Waals surface area contributed by atoms with E-state index in [4.69, 9.17) is 18.0 Å². The molecule has 30 heavy (non-hydrogen) atoms. The summed E-state index contributed by atoms with van der Waals surface area (Å²) in [6.45, 7) is 0.626. The zero-order valence-electron chi connectivity index (χ0n) is 16.3. The lowest BCUT2D eigenvalue weighted by Gasteiger charge is -2.11. The minimum atomic E-state index is -0.363. The van der Waals surface area contributed by atoms with Gasteiger partial charge in [0.2, 0.25) is 11.0 Å². The van der Waals surface area contributed by atoms with Crippen molar-refractivity contribution >= 4 is 46.2 Å². The molecule has 2 aromatic carbocycles. The number of aryl methyl sites for hydroxylation is 2. The Morgan fingerprint density at radius 3 is 2.63 bits per heavy atom. The Balaban J connectivity index is 1.47. The Morgan fingerprint density at radius 2 is 1.90 bits per heavy atom. The molecule has 0 spiro atoms. The first-order valence-corrected chi connectivity index (χ1v) is 10.8. The number of carbonyl (C=O) groups is 2. The van der Waals surface area contributed by atoms with Gasteiger partial charge in [-0.2, -0.15) is 0 Å². The quantitative estimate of drug-likeness (QED) is 0.230. The van der Waals surface area contributed by atoms with Crippen LogP contribution in [0.25, 0.3) is 0 Å². The highest BCUT2D eigenvalue weighted by Gasteiger charge is 2.14. The largest absolute Gasteiger partial charge is 0.398 e. The van der Waals surface area contributed by atoms with Crippen molar-refractivity contribution < 1.29 is 9.59 Å². The fourth-order valence-electron chi connectivity index (χ4n) is 2.98. The normalized spacial score (nSPS) is 10.5. The number of nitrogens with one attached hydrogen (secondary N) is 3. The SMILES string of the molecule is Nc1c(CCC(=O)NCCCc2ccccc2)cccc1C(=O)Nc1n[nH]c(=S)s1. The second kappa shape index (κ2) is 10.7. The highest BCUT2D eigenvalue weighted by Crippen LogP contribution is 2.21. The van der Waals surface area contributed by atoms with E-state index < -0.39 is 0 Å². The van der Waals surface area contributed by atoms with Crippen LogP contribution in [-0.4, -0.2) is 28.6 Å². The number of carbonyl (C=O) groups excluding carboxylic acids is 2. The van der Waals surface area contributed by atoms with E-state index in [1.54, 1.807) is 12.1 Å². The van der Waals surface area contributed by atoms with E-state index in [1.807, 2.05) is 24.3 Å². The maximum absolute atomic E-state index is 12.5. The first-order chi connectivity index (χ1) is 14.5. The van der Waals surface area contributed by atoms with Gasteiger partial charge in [0.15, 0.2) is 3.95 Å². The fraction of sp³-hybridized carbons (Fsp3) is 0.238. The van der Waals surface area contributed by atoms with Crippen LogP contribution in [-0.2, 0) is 17.6 Å². The Hall–Kier alpha value is -3.04. The van der Waals surface area contributed by atoms with Crippen molar-refractivity contribution in [3.8, 4) is 0 Å². The number of aromatic amines is 1. The van der Waals surface area contributed by atoms with E-state index in [9.17, 15) is 9.59 Å². The van der Waals surface area contributed by atoms with Crippen LogP contribution < -0.4 is 16.4 Å². The zero-order chi connectivity index (χ0) is 21.3. The standard InChI is InChI=1S/C21H23N5O2S2/c22-18-15(9-4-10-16(18)19(28)24-20-25-26-21(29)30-20)11-12-17(27)23-13-5-8-14-6-2-1-3-7-14/h1-4,6-7,9-10H,5,8,11-13,22H2,(H,23,27)(H,26,29)(H,24,25,28). The van der Waals surface area contributed by atoms with Crippen LogP contribution in [0.4, 0.5) is 10.8 Å². The van der Waals surface area contributed by atoms with Crippen molar-refractivity contribution in [2.24, 2.45) is 0 Å². The minimum absolute atomic E-state index is 0.0337. The number of rotatable bonds is 9. The molecule has 0 atom stereocenters. The van der Waals surface area contributed by atoms with Gasteiger partial charge in [-0.25, -0.2) is 0 Å². The monoisotopic (exact) mass is 441 g/mol. The lowest BCUT2D eigenvalue weighted by Crippen LogP contribution is -2.25. The van der Waals surface area contributed by atoms with Crippen LogP contribution in [0.15, 0.2) is 48.5 Å². The van der Waals surface area contributed by atoms with Gasteiger partial charge in [0.25, 0.3) is 5.91 Å². The third-order valence-corrected chi connectivity index (χ3v) is 5.53. The van der Waals surface area contributed by atoms with Gasteiger partial charge in [0, 0.05) is 18.7 Å². The number of hydrogen-bond donors (Lipinski definition) is 4. The van der Waals surface area contributed by atoms with Gasteiger partial charge in [-0.05, 0) is 48.7 Å². The summed E-state index contributed by atoms with van der Waals surface area (Å²) in [5, 5.41) is 12.5. The molecule has 156 valence electrons. The number of H-pyrrole nitrogens is 1. The van der Waals surface area contributed by atoms with Crippen LogP contribution in [0.3, 0.4) is 0 Å². The van der Waals surface area contributed by atoms with Crippen LogP contribution in [0.1, 0.15) is 34.3 Å². The summed E-state index contributed by atoms with van der Waals surface area (Å²) in [6.07, 6.45) is 2.57. The van der Waals surface area contributed by atoms with Gasteiger partial charge < -0.3 is 11.1 Å². The van der Waals surface area contributed by atoms with E-state index in [1.165, 1.54) is 16.9 Å². The molecule has 7 nitrogen and oxygen atoms in total. The summed E-state index contributed by atoms with van der Waals surface area (Å²) in [6, 6.07) is 15.4. The molecule has 1 heterocycles. The Kier molecular flexibility index (Phi) is 7.69. The number of anilines is 2. The van der Waals surface area contributed by atoms with E-state index in [0.29, 0.717) is 39.7 Å². The number of nitrogens with two attached hydrogens (primary N) is 1. The molecule has 0 aliphatic rings. The molecule has 3 rings (SSSR count). The molecule has 5 N–H and O–H groups in total. The van der Waals surface area contributed by atoms with Crippen molar-refractivity contribution in [2.45, 2.75) is 25.7 Å². The Labute approximate surface area is 183 Å². The first-order valence-electron chi connectivity index (χ1n) is 9.58. The molecule has 0 radical (unpaired) electrons. The van der Waals surface area contributed by atoms with E-state index in [2.05, 4.69) is 33.0 Å². The van der Waals surface area contributed by atoms with Crippen LogP contribution in [0, 0.1) is 3.95 Å². The maximum atomic E-state index is 12.5. The molecule has 9 heteroatoms. The van der Waals surface area contributed by atoms with E-state index in [0.717, 1.165) is 18.4 Å². The van der Waals surface area contributed by atoms with Gasteiger partial charge in [0.05, 0.1) is 5.56 Å². The summed E-state index contributed by atoms with van der Waals surface area (Å²) in [4.78, 5) is 24.6. The van der Waals surface area contributed by atoms with Crippen molar-refractivity contribution in [1.29, 1.82) is 0 Å². The molecule has 0 unspecified atom stereocenters. The predicted octanol–water partition coefficient (Wildman–Crippen LogP) is 3.72. The van der Waals surface area contributed by atoms with Crippen molar-refractivity contribution in [2.75, 3.05) is 17.6 Å². The summed E-state index contributed by atoms with van der Waals surface area (Å²) in [7, 11) is 0. The Bertz CT molecular complexity index is 1060. The average Bonchev–Trinajstić information content (AvgIpc) is 3.15. The van der Waals surface area contributed by atoms with Crippen molar-refractivity contribution in [1.82, 2.24) is 15.5 Å². The van der Waals surface area contributed by atoms with Crippen LogP contribution in [0.2, 0.25) is 0 Å². The lowest BCUT2D eigenvalue weighted by molar-refractivity contribution is -0.121. The molecule has 0 aliphatic heterocycles. The summed E-state index contributed by atoms with van der Waals surface area (Å²) >= 11 is 6.12. The van der Waals surface area contributed by atoms with Crippen molar-refractivity contribution in [3.05, 3.63) is 69.2 Å². The third-order valence-electron chi connectivity index (χ3n) is 4.53. The molecule has 0 aliphatic carbocycles. The molecule has 0 saturated carbocycles. The number of aromatic nitrogens is 2. The number of nitrogens with zero attached hydrogens (tertiary/aromatic N) is 1.